The van der Waals surface area contributed by atoms with Crippen molar-refractivity contribution in [3.05, 3.63) is 0 Å². The van der Waals surface area contributed by atoms with Gasteiger partial charge in [0.05, 0.1) is 12.7 Å². The Balaban J connectivity index is 0.00000220. The van der Waals surface area contributed by atoms with Crippen LogP contribution in [0.25, 0.3) is 0 Å². The van der Waals surface area contributed by atoms with Gasteiger partial charge in [-0.1, -0.05) is 6.42 Å². The maximum absolute atomic E-state index is 12.2. The number of halogens is 1. The summed E-state index contributed by atoms with van der Waals surface area (Å²) < 4.78 is 11.0. The van der Waals surface area contributed by atoms with Gasteiger partial charge in [0, 0.05) is 26.3 Å². The number of ether oxygens (including phenoxy) is 2. The molecule has 0 radical (unpaired) electrons. The molecule has 2 N–H and O–H groups in total. The smallest absolute Gasteiger partial charge is 0.239 e. The molecular formula is C15H29ClN2O3. The summed E-state index contributed by atoms with van der Waals surface area (Å²) in [6.07, 6.45) is 4.66. The molecule has 1 amide bonds. The van der Waals surface area contributed by atoms with Gasteiger partial charge < -0.3 is 20.1 Å². The van der Waals surface area contributed by atoms with E-state index in [1.54, 1.807) is 0 Å². The lowest BCUT2D eigenvalue weighted by Crippen LogP contribution is -2.57. The van der Waals surface area contributed by atoms with Gasteiger partial charge in [-0.05, 0) is 38.5 Å². The third-order valence-electron chi connectivity index (χ3n) is 4.63. The highest BCUT2D eigenvalue weighted by Gasteiger charge is 2.38. The quantitative estimate of drug-likeness (QED) is 0.698. The molecule has 2 rings (SSSR count). The van der Waals surface area contributed by atoms with Gasteiger partial charge in [0.2, 0.25) is 5.91 Å². The normalized spacial score (nSPS) is 27.3. The van der Waals surface area contributed by atoms with E-state index in [9.17, 15) is 4.79 Å². The van der Waals surface area contributed by atoms with E-state index < -0.39 is 0 Å². The highest BCUT2D eigenvalue weighted by molar-refractivity contribution is 5.85. The van der Waals surface area contributed by atoms with E-state index in [0.29, 0.717) is 6.61 Å². The van der Waals surface area contributed by atoms with E-state index in [1.807, 2.05) is 13.8 Å². The number of carbonyl (C=O) groups excluding carboxylic acids is 1. The Labute approximate surface area is 133 Å². The average Bonchev–Trinajstić information content (AvgIpc) is 2.41. The zero-order valence-corrected chi connectivity index (χ0v) is 14.0. The van der Waals surface area contributed by atoms with Gasteiger partial charge in [-0.2, -0.15) is 0 Å². The van der Waals surface area contributed by atoms with Crippen LogP contribution in [0.5, 0.6) is 0 Å². The first-order chi connectivity index (χ1) is 9.67. The second-order valence-electron chi connectivity index (χ2n) is 6.03. The first-order valence-electron chi connectivity index (χ1n) is 7.87. The Morgan fingerprint density at radius 1 is 1.48 bits per heavy atom. The highest BCUT2D eigenvalue weighted by Crippen LogP contribution is 2.43. The molecular weight excluding hydrogens is 292 g/mol. The van der Waals surface area contributed by atoms with Gasteiger partial charge >= 0.3 is 0 Å². The zero-order chi connectivity index (χ0) is 14.4. The SMILES string of the molecule is CCOCCC1(CNC(=O)[C@H]2NCCO[C@@H]2C)CCC1.Cl. The van der Waals surface area contributed by atoms with Crippen molar-refractivity contribution < 1.29 is 14.3 Å². The number of morpholine rings is 1. The molecule has 1 saturated carbocycles. The standard InChI is InChI=1S/C15H28N2O3.ClH/c1-3-19-9-7-15(5-4-6-15)11-17-14(18)13-12(2)20-10-8-16-13;/h12-13,16H,3-11H2,1-2H3,(H,17,18);1H/t12-,13+;/m1./s1. The molecule has 0 aromatic rings. The molecule has 6 heteroatoms. The molecule has 0 bridgehead atoms. The van der Waals surface area contributed by atoms with Crippen molar-refractivity contribution in [2.75, 3.05) is 32.9 Å². The predicted octanol–water partition coefficient (Wildman–Crippen LogP) is 1.50. The molecule has 1 aliphatic carbocycles. The average molecular weight is 321 g/mol. The second kappa shape index (κ2) is 8.93. The molecule has 1 heterocycles. The van der Waals surface area contributed by atoms with Gasteiger partial charge in [-0.25, -0.2) is 0 Å². The minimum absolute atomic E-state index is 0. The van der Waals surface area contributed by atoms with E-state index in [4.69, 9.17) is 9.47 Å². The van der Waals surface area contributed by atoms with Crippen LogP contribution in [0, 0.1) is 5.41 Å². The zero-order valence-electron chi connectivity index (χ0n) is 13.2. The van der Waals surface area contributed by atoms with Crippen LogP contribution in [0.15, 0.2) is 0 Å². The summed E-state index contributed by atoms with van der Waals surface area (Å²) >= 11 is 0. The van der Waals surface area contributed by atoms with Crippen LogP contribution in [0.2, 0.25) is 0 Å². The van der Waals surface area contributed by atoms with Crippen molar-refractivity contribution >= 4 is 18.3 Å². The van der Waals surface area contributed by atoms with E-state index >= 15 is 0 Å². The van der Waals surface area contributed by atoms with Crippen molar-refractivity contribution in [2.24, 2.45) is 5.41 Å². The topological polar surface area (TPSA) is 59.6 Å². The Morgan fingerprint density at radius 3 is 2.81 bits per heavy atom. The summed E-state index contributed by atoms with van der Waals surface area (Å²) in [6, 6.07) is -0.215. The Kier molecular flexibility index (Phi) is 7.95. The van der Waals surface area contributed by atoms with Gasteiger partial charge in [-0.3, -0.25) is 4.79 Å². The molecule has 2 fully saturated rings. The molecule has 0 spiro atoms. The van der Waals surface area contributed by atoms with E-state index in [0.717, 1.165) is 32.7 Å². The summed E-state index contributed by atoms with van der Waals surface area (Å²) in [5.74, 6) is 0.0693. The number of nitrogens with one attached hydrogen (secondary N) is 2. The minimum Gasteiger partial charge on any atom is -0.382 e. The number of hydrogen-bond acceptors (Lipinski definition) is 4. The molecule has 2 aliphatic rings. The second-order valence-corrected chi connectivity index (χ2v) is 6.03. The summed E-state index contributed by atoms with van der Waals surface area (Å²) in [7, 11) is 0. The number of amides is 1. The molecule has 2 atom stereocenters. The van der Waals surface area contributed by atoms with Crippen molar-refractivity contribution in [1.82, 2.24) is 10.6 Å². The molecule has 1 aliphatic heterocycles. The summed E-state index contributed by atoms with van der Waals surface area (Å²) in [4.78, 5) is 12.2. The van der Waals surface area contributed by atoms with Crippen LogP contribution in [-0.4, -0.2) is 51.0 Å². The van der Waals surface area contributed by atoms with Crippen molar-refractivity contribution in [1.29, 1.82) is 0 Å². The maximum Gasteiger partial charge on any atom is 0.239 e. The molecule has 0 aromatic carbocycles. The molecule has 21 heavy (non-hydrogen) atoms. The van der Waals surface area contributed by atoms with Crippen LogP contribution < -0.4 is 10.6 Å². The third kappa shape index (κ3) is 5.09. The Hall–Kier alpha value is -0.360. The van der Waals surface area contributed by atoms with E-state index in [1.165, 1.54) is 19.3 Å². The van der Waals surface area contributed by atoms with E-state index in [2.05, 4.69) is 10.6 Å². The summed E-state index contributed by atoms with van der Waals surface area (Å²) in [5, 5.41) is 6.35. The minimum atomic E-state index is -0.215. The predicted molar refractivity (Wildman–Crippen MR) is 84.9 cm³/mol. The molecule has 0 unspecified atom stereocenters. The lowest BCUT2D eigenvalue weighted by Gasteiger charge is -2.42. The number of carbonyl (C=O) groups is 1. The van der Waals surface area contributed by atoms with Crippen LogP contribution >= 0.6 is 12.4 Å². The van der Waals surface area contributed by atoms with Gasteiger partial charge in [0.1, 0.15) is 6.04 Å². The van der Waals surface area contributed by atoms with Gasteiger partial charge in [0.15, 0.2) is 0 Å². The van der Waals surface area contributed by atoms with Crippen molar-refractivity contribution in [3.8, 4) is 0 Å². The Morgan fingerprint density at radius 2 is 2.24 bits per heavy atom. The fraction of sp³-hybridized carbons (Fsp3) is 0.933. The molecule has 0 aromatic heterocycles. The third-order valence-corrected chi connectivity index (χ3v) is 4.63. The monoisotopic (exact) mass is 320 g/mol. The maximum atomic E-state index is 12.2. The molecule has 5 nitrogen and oxygen atoms in total. The fourth-order valence-electron chi connectivity index (χ4n) is 3.04. The molecule has 1 saturated heterocycles. The summed E-state index contributed by atoms with van der Waals surface area (Å²) in [6.45, 7) is 7.73. The largest absolute Gasteiger partial charge is 0.382 e. The number of rotatable bonds is 7. The van der Waals surface area contributed by atoms with Gasteiger partial charge in [-0.15, -0.1) is 12.4 Å². The Bertz CT molecular complexity index is 324. The van der Waals surface area contributed by atoms with Crippen LogP contribution in [0.1, 0.15) is 39.5 Å². The van der Waals surface area contributed by atoms with Crippen LogP contribution in [0.4, 0.5) is 0 Å². The van der Waals surface area contributed by atoms with Crippen molar-refractivity contribution in [2.45, 2.75) is 51.7 Å². The number of hydrogen-bond donors (Lipinski definition) is 2. The first-order valence-corrected chi connectivity index (χ1v) is 7.87. The lowest BCUT2D eigenvalue weighted by molar-refractivity contribution is -0.130. The summed E-state index contributed by atoms with van der Waals surface area (Å²) in [5.41, 5.74) is 0.267. The molecule has 124 valence electrons. The van der Waals surface area contributed by atoms with Crippen molar-refractivity contribution in [3.63, 3.8) is 0 Å². The highest BCUT2D eigenvalue weighted by atomic mass is 35.5. The van der Waals surface area contributed by atoms with E-state index in [-0.39, 0.29) is 35.9 Å². The van der Waals surface area contributed by atoms with Crippen LogP contribution in [0.3, 0.4) is 0 Å². The van der Waals surface area contributed by atoms with Crippen LogP contribution in [-0.2, 0) is 14.3 Å². The lowest BCUT2D eigenvalue weighted by atomic mass is 9.66. The first kappa shape index (κ1) is 18.7. The fourth-order valence-corrected chi connectivity index (χ4v) is 3.04. The van der Waals surface area contributed by atoms with Gasteiger partial charge in [0.25, 0.3) is 0 Å².